The summed E-state index contributed by atoms with van der Waals surface area (Å²) in [4.78, 5) is 39.5. The van der Waals surface area contributed by atoms with Crippen LogP contribution in [0.4, 0.5) is 0 Å². The van der Waals surface area contributed by atoms with Crippen molar-refractivity contribution in [3.8, 4) is 0 Å². The monoisotopic (exact) mass is 435 g/mol. The van der Waals surface area contributed by atoms with Gasteiger partial charge in [0.1, 0.15) is 6.04 Å². The van der Waals surface area contributed by atoms with E-state index in [0.29, 0.717) is 32.4 Å². The number of piperidine rings is 1. The predicted molar refractivity (Wildman–Crippen MR) is 120 cm³/mol. The number of hydrogen-bond donors (Lipinski definition) is 4. The Morgan fingerprint density at radius 2 is 1.59 bits per heavy atom. The second kappa shape index (κ2) is 10.4. The van der Waals surface area contributed by atoms with Crippen molar-refractivity contribution >= 4 is 17.7 Å². The molecular weight excluding hydrogens is 406 g/mol. The maximum atomic E-state index is 12.6. The molecular formula is C24H29N5O3. The minimum absolute atomic E-state index is 0.0194. The maximum absolute atomic E-state index is 12.6. The highest BCUT2D eigenvalue weighted by Gasteiger charge is 2.32. The number of hydrazine groups is 2. The third-order valence-corrected chi connectivity index (χ3v) is 6.07. The zero-order valence-electron chi connectivity index (χ0n) is 17.9. The van der Waals surface area contributed by atoms with Gasteiger partial charge in [0.15, 0.2) is 0 Å². The van der Waals surface area contributed by atoms with Crippen LogP contribution in [0.2, 0.25) is 0 Å². The summed E-state index contributed by atoms with van der Waals surface area (Å²) in [7, 11) is 0. The van der Waals surface area contributed by atoms with E-state index in [0.717, 1.165) is 17.5 Å². The van der Waals surface area contributed by atoms with Crippen molar-refractivity contribution in [1.82, 2.24) is 26.6 Å². The van der Waals surface area contributed by atoms with Crippen LogP contribution in [0.25, 0.3) is 0 Å². The van der Waals surface area contributed by atoms with Crippen molar-refractivity contribution in [3.05, 3.63) is 71.8 Å². The fourth-order valence-electron chi connectivity index (χ4n) is 4.24. The number of nitrogens with one attached hydrogen (secondary N) is 4. The molecule has 2 aromatic rings. The van der Waals surface area contributed by atoms with Crippen molar-refractivity contribution in [2.24, 2.45) is 5.92 Å². The number of amides is 3. The van der Waals surface area contributed by atoms with E-state index in [1.54, 1.807) is 4.90 Å². The lowest BCUT2D eigenvalue weighted by molar-refractivity contribution is -0.137. The first-order valence-electron chi connectivity index (χ1n) is 11.1. The Labute approximate surface area is 187 Å². The van der Waals surface area contributed by atoms with Crippen molar-refractivity contribution < 1.29 is 14.4 Å². The number of carbonyl (C=O) groups excluding carboxylic acids is 3. The summed E-state index contributed by atoms with van der Waals surface area (Å²) >= 11 is 0. The summed E-state index contributed by atoms with van der Waals surface area (Å²) in [6, 6.07) is 19.1. The first-order chi connectivity index (χ1) is 15.6. The molecule has 4 rings (SSSR count). The van der Waals surface area contributed by atoms with Gasteiger partial charge in [0.25, 0.3) is 5.91 Å². The zero-order chi connectivity index (χ0) is 22.3. The second-order valence-corrected chi connectivity index (χ2v) is 8.36. The fraction of sp³-hybridized carbons (Fsp3) is 0.375. The molecule has 32 heavy (non-hydrogen) atoms. The van der Waals surface area contributed by atoms with Crippen LogP contribution in [0.1, 0.15) is 36.4 Å². The van der Waals surface area contributed by atoms with E-state index in [4.69, 9.17) is 0 Å². The molecule has 8 nitrogen and oxygen atoms in total. The van der Waals surface area contributed by atoms with Crippen LogP contribution < -0.4 is 21.7 Å². The van der Waals surface area contributed by atoms with Crippen LogP contribution in [-0.4, -0.2) is 41.8 Å². The molecule has 2 heterocycles. The van der Waals surface area contributed by atoms with Crippen LogP contribution in [0.15, 0.2) is 60.7 Å². The van der Waals surface area contributed by atoms with Gasteiger partial charge >= 0.3 is 0 Å². The Morgan fingerprint density at radius 3 is 2.34 bits per heavy atom. The number of nitrogens with zero attached hydrogens (tertiary/aromatic N) is 1. The maximum Gasteiger partial charge on any atom is 0.256 e. The van der Waals surface area contributed by atoms with Gasteiger partial charge in [-0.15, -0.1) is 0 Å². The van der Waals surface area contributed by atoms with Gasteiger partial charge in [-0.1, -0.05) is 60.7 Å². The molecule has 2 saturated heterocycles. The standard InChI is InChI=1S/C24H29N5O3/c30-22(14-17-8-3-1-4-9-17)29-13-7-12-19(16-29)23(31)27-28-24(32)21-15-20(25-26-21)18-10-5-2-6-11-18/h1-6,8-11,19-21,25-26H,7,12-16H2,(H,27,31)(H,28,32). The van der Waals surface area contributed by atoms with Crippen LogP contribution >= 0.6 is 0 Å². The van der Waals surface area contributed by atoms with Crippen LogP contribution in [0.3, 0.4) is 0 Å². The van der Waals surface area contributed by atoms with Crippen molar-refractivity contribution in [1.29, 1.82) is 0 Å². The van der Waals surface area contributed by atoms with E-state index in [-0.39, 0.29) is 29.7 Å². The third kappa shape index (κ3) is 5.52. The average Bonchev–Trinajstić information content (AvgIpc) is 3.34. The summed E-state index contributed by atoms with van der Waals surface area (Å²) in [5.41, 5.74) is 13.3. The first-order valence-corrected chi connectivity index (χ1v) is 11.1. The molecule has 0 radical (unpaired) electrons. The Morgan fingerprint density at radius 1 is 0.906 bits per heavy atom. The molecule has 2 aliphatic heterocycles. The number of hydrogen-bond acceptors (Lipinski definition) is 5. The number of carbonyl (C=O) groups is 3. The normalized spacial score (nSPS) is 22.9. The molecule has 0 aromatic heterocycles. The molecule has 8 heteroatoms. The van der Waals surface area contributed by atoms with E-state index in [1.165, 1.54) is 0 Å². The highest BCUT2D eigenvalue weighted by atomic mass is 16.2. The molecule has 3 amide bonds. The molecule has 3 atom stereocenters. The van der Waals surface area contributed by atoms with Gasteiger partial charge < -0.3 is 4.90 Å². The lowest BCUT2D eigenvalue weighted by atomic mass is 9.96. The Balaban J connectivity index is 1.23. The predicted octanol–water partition coefficient (Wildman–Crippen LogP) is 1.22. The summed E-state index contributed by atoms with van der Waals surface area (Å²) in [5.74, 6) is -0.875. The number of benzene rings is 2. The Bertz CT molecular complexity index is 937. The minimum Gasteiger partial charge on any atom is -0.342 e. The zero-order valence-corrected chi connectivity index (χ0v) is 17.9. The molecule has 4 N–H and O–H groups in total. The second-order valence-electron chi connectivity index (χ2n) is 8.36. The van der Waals surface area contributed by atoms with Gasteiger partial charge in [0.2, 0.25) is 11.8 Å². The highest BCUT2D eigenvalue weighted by molar-refractivity contribution is 5.87. The smallest absolute Gasteiger partial charge is 0.256 e. The molecule has 168 valence electrons. The molecule has 2 aromatic carbocycles. The third-order valence-electron chi connectivity index (χ3n) is 6.07. The number of likely N-dealkylation sites (tertiary alicyclic amines) is 1. The molecule has 0 spiro atoms. The van der Waals surface area contributed by atoms with Crippen molar-refractivity contribution in [2.45, 2.75) is 37.8 Å². The molecule has 0 bridgehead atoms. The van der Waals surface area contributed by atoms with E-state index >= 15 is 0 Å². The van der Waals surface area contributed by atoms with E-state index in [1.807, 2.05) is 60.7 Å². The van der Waals surface area contributed by atoms with Gasteiger partial charge in [0, 0.05) is 19.1 Å². The van der Waals surface area contributed by atoms with Crippen LogP contribution in [0, 0.1) is 5.92 Å². The molecule has 0 aliphatic carbocycles. The van der Waals surface area contributed by atoms with Gasteiger partial charge in [-0.25, -0.2) is 10.9 Å². The lowest BCUT2D eigenvalue weighted by Gasteiger charge is -2.32. The summed E-state index contributed by atoms with van der Waals surface area (Å²) in [6.45, 7) is 1.02. The van der Waals surface area contributed by atoms with Crippen molar-refractivity contribution in [2.75, 3.05) is 13.1 Å². The molecule has 3 unspecified atom stereocenters. The van der Waals surface area contributed by atoms with E-state index < -0.39 is 6.04 Å². The lowest BCUT2D eigenvalue weighted by Crippen LogP contribution is -2.53. The van der Waals surface area contributed by atoms with E-state index in [9.17, 15) is 14.4 Å². The molecule has 2 aliphatic rings. The fourth-order valence-corrected chi connectivity index (χ4v) is 4.24. The topological polar surface area (TPSA) is 103 Å². The van der Waals surface area contributed by atoms with Gasteiger partial charge in [-0.2, -0.15) is 0 Å². The van der Waals surface area contributed by atoms with Gasteiger partial charge in [-0.05, 0) is 30.4 Å². The highest BCUT2D eigenvalue weighted by Crippen LogP contribution is 2.22. The summed E-state index contributed by atoms with van der Waals surface area (Å²) in [6.07, 6.45) is 2.36. The van der Waals surface area contributed by atoms with Gasteiger partial charge in [-0.3, -0.25) is 25.2 Å². The Hall–Kier alpha value is -3.23. The summed E-state index contributed by atoms with van der Waals surface area (Å²) in [5, 5.41) is 0. The minimum atomic E-state index is -0.448. The molecule has 0 saturated carbocycles. The SMILES string of the molecule is O=C(NNC(=O)C1CC(c2ccccc2)NN1)C1CCCN(C(=O)Cc2ccccc2)C1. The molecule has 2 fully saturated rings. The largest absolute Gasteiger partial charge is 0.342 e. The van der Waals surface area contributed by atoms with Crippen LogP contribution in [-0.2, 0) is 20.8 Å². The first kappa shape index (κ1) is 22.0. The Kier molecular flexibility index (Phi) is 7.14. The number of rotatable bonds is 5. The average molecular weight is 436 g/mol. The summed E-state index contributed by atoms with van der Waals surface area (Å²) < 4.78 is 0. The van der Waals surface area contributed by atoms with E-state index in [2.05, 4.69) is 21.7 Å². The van der Waals surface area contributed by atoms with Gasteiger partial charge in [0.05, 0.1) is 12.3 Å². The van der Waals surface area contributed by atoms with Crippen LogP contribution in [0.5, 0.6) is 0 Å². The van der Waals surface area contributed by atoms with Crippen molar-refractivity contribution in [3.63, 3.8) is 0 Å². The quantitative estimate of drug-likeness (QED) is 0.529.